The van der Waals surface area contributed by atoms with Gasteiger partial charge in [-0.05, 0) is 43.0 Å². The Morgan fingerprint density at radius 3 is 2.00 bits per heavy atom. The van der Waals surface area contributed by atoms with Crippen molar-refractivity contribution < 1.29 is 54.5 Å². The number of carbonyl (C=O) groups is 3. The van der Waals surface area contributed by atoms with Crippen molar-refractivity contribution in [2.45, 2.75) is 49.9 Å². The lowest BCUT2D eigenvalue weighted by Crippen LogP contribution is -2.43. The van der Waals surface area contributed by atoms with E-state index in [0.717, 1.165) is 30.0 Å². The molecule has 0 saturated carbocycles. The lowest BCUT2D eigenvalue weighted by molar-refractivity contribution is -0.170. The first-order valence-electron chi connectivity index (χ1n) is 12.8. The average molecular weight is 562 g/mol. The third-order valence-electron chi connectivity index (χ3n) is 6.94. The van der Waals surface area contributed by atoms with E-state index in [0.29, 0.717) is 38.3 Å². The number of benzene rings is 2. The standard InChI is InChI=1S/C22H27NO4.C6H8O7/c1-16-2-5-18(6-3-16)22(25)8-10-23(11-9-22)15-19(24)17-4-7-20-21(14-17)27-13-12-26-20;7-3(8)1-6(13,5(11)12)2-4(9)10/h2-7,14,19,24-25H,8-13,15H2,1H3;13H,1-2H2,(H,7,8)(H,9,10)(H,11,12). The maximum Gasteiger partial charge on any atom is 0.336 e. The minimum Gasteiger partial charge on any atom is -0.486 e. The molecule has 0 spiro atoms. The number of aliphatic carboxylic acids is 3. The molecular formula is C28H35NO11. The molecule has 1 fully saturated rings. The molecule has 0 aromatic heterocycles. The van der Waals surface area contributed by atoms with E-state index in [-0.39, 0.29) is 0 Å². The zero-order chi connectivity index (χ0) is 29.5. The van der Waals surface area contributed by atoms with Crippen LogP contribution < -0.4 is 9.47 Å². The van der Waals surface area contributed by atoms with E-state index < -0.39 is 48.1 Å². The summed E-state index contributed by atoms with van der Waals surface area (Å²) in [5.41, 5.74) is -0.495. The van der Waals surface area contributed by atoms with Gasteiger partial charge in [0.05, 0.1) is 24.5 Å². The summed E-state index contributed by atoms with van der Waals surface area (Å²) in [6.07, 6.45) is -1.54. The zero-order valence-electron chi connectivity index (χ0n) is 22.2. The first-order chi connectivity index (χ1) is 18.8. The molecule has 12 nitrogen and oxygen atoms in total. The fourth-order valence-corrected chi connectivity index (χ4v) is 4.59. The van der Waals surface area contributed by atoms with Crippen molar-refractivity contribution in [1.82, 2.24) is 4.90 Å². The quantitative estimate of drug-likeness (QED) is 0.259. The second-order valence-corrected chi connectivity index (χ2v) is 10.1. The summed E-state index contributed by atoms with van der Waals surface area (Å²) in [7, 11) is 0. The molecule has 1 atom stereocenters. The fraction of sp³-hybridized carbons (Fsp3) is 0.464. The lowest BCUT2D eigenvalue weighted by atomic mass is 9.84. The molecular weight excluding hydrogens is 526 g/mol. The number of fused-ring (bicyclic) bond motifs is 1. The minimum absolute atomic E-state index is 0.538. The third-order valence-corrected chi connectivity index (χ3v) is 6.94. The number of carboxylic acids is 3. The number of likely N-dealkylation sites (tertiary alicyclic amines) is 1. The summed E-state index contributed by atoms with van der Waals surface area (Å²) in [6.45, 7) is 5.21. The predicted molar refractivity (Wildman–Crippen MR) is 140 cm³/mol. The van der Waals surface area contributed by atoms with E-state index in [2.05, 4.69) is 11.8 Å². The van der Waals surface area contributed by atoms with Gasteiger partial charge in [0.15, 0.2) is 17.1 Å². The Bertz CT molecular complexity index is 1170. The average Bonchev–Trinajstić information content (AvgIpc) is 2.89. The Balaban J connectivity index is 0.000000289. The molecule has 218 valence electrons. The Hall–Kier alpha value is -3.71. The number of piperidine rings is 1. The van der Waals surface area contributed by atoms with E-state index in [1.807, 2.05) is 42.5 Å². The van der Waals surface area contributed by atoms with Crippen LogP contribution >= 0.6 is 0 Å². The van der Waals surface area contributed by atoms with Crippen LogP contribution in [0.4, 0.5) is 0 Å². The van der Waals surface area contributed by atoms with Crippen molar-refractivity contribution in [1.29, 1.82) is 0 Å². The number of carboxylic acid groups (broad SMARTS) is 3. The van der Waals surface area contributed by atoms with E-state index in [9.17, 15) is 24.6 Å². The number of aliphatic hydroxyl groups is 3. The second-order valence-electron chi connectivity index (χ2n) is 10.1. The fourth-order valence-electron chi connectivity index (χ4n) is 4.59. The SMILES string of the molecule is Cc1ccc(C2(O)CCN(CC(O)c3ccc4c(c3)OCCO4)CC2)cc1.O=C(O)CC(O)(CC(=O)O)C(=O)O. The van der Waals surface area contributed by atoms with Crippen LogP contribution in [0.2, 0.25) is 0 Å². The number of ether oxygens (including phenoxy) is 2. The van der Waals surface area contributed by atoms with Gasteiger partial charge in [-0.25, -0.2) is 4.79 Å². The van der Waals surface area contributed by atoms with Crippen molar-refractivity contribution in [2.75, 3.05) is 32.8 Å². The molecule has 2 aliphatic heterocycles. The molecule has 0 aliphatic carbocycles. The minimum atomic E-state index is -2.74. The highest BCUT2D eigenvalue weighted by Crippen LogP contribution is 2.35. The van der Waals surface area contributed by atoms with E-state index >= 15 is 0 Å². The molecule has 1 saturated heterocycles. The van der Waals surface area contributed by atoms with Crippen molar-refractivity contribution >= 4 is 17.9 Å². The predicted octanol–water partition coefficient (Wildman–Crippen LogP) is 1.53. The van der Waals surface area contributed by atoms with E-state index in [4.69, 9.17) is 29.9 Å². The van der Waals surface area contributed by atoms with Crippen LogP contribution in [0, 0.1) is 6.92 Å². The Morgan fingerprint density at radius 2 is 1.48 bits per heavy atom. The van der Waals surface area contributed by atoms with Gasteiger partial charge < -0.3 is 45.0 Å². The van der Waals surface area contributed by atoms with Crippen LogP contribution in [0.25, 0.3) is 0 Å². The van der Waals surface area contributed by atoms with Gasteiger partial charge in [0.2, 0.25) is 0 Å². The maximum absolute atomic E-state index is 11.0. The van der Waals surface area contributed by atoms with Crippen LogP contribution in [0.15, 0.2) is 42.5 Å². The monoisotopic (exact) mass is 561 g/mol. The Morgan fingerprint density at radius 1 is 0.925 bits per heavy atom. The maximum atomic E-state index is 11.0. The molecule has 0 radical (unpaired) electrons. The third kappa shape index (κ3) is 8.15. The highest BCUT2D eigenvalue weighted by molar-refractivity contribution is 5.88. The molecule has 1 unspecified atom stereocenters. The van der Waals surface area contributed by atoms with Crippen LogP contribution in [0.1, 0.15) is 48.5 Å². The van der Waals surface area contributed by atoms with Crippen LogP contribution in [0.5, 0.6) is 11.5 Å². The van der Waals surface area contributed by atoms with Gasteiger partial charge in [-0.1, -0.05) is 35.9 Å². The van der Waals surface area contributed by atoms with Gasteiger partial charge in [-0.2, -0.15) is 0 Å². The molecule has 6 N–H and O–H groups in total. The number of nitrogens with zero attached hydrogens (tertiary/aromatic N) is 1. The normalized spacial score (nSPS) is 17.2. The van der Waals surface area contributed by atoms with Gasteiger partial charge in [0.25, 0.3) is 0 Å². The number of aliphatic hydroxyl groups excluding tert-OH is 1. The molecule has 2 aromatic carbocycles. The number of hydrogen-bond donors (Lipinski definition) is 6. The van der Waals surface area contributed by atoms with Gasteiger partial charge >= 0.3 is 17.9 Å². The van der Waals surface area contributed by atoms with E-state index in [1.165, 1.54) is 5.56 Å². The highest BCUT2D eigenvalue weighted by atomic mass is 16.6. The summed E-state index contributed by atoms with van der Waals surface area (Å²) < 4.78 is 11.1. The first-order valence-corrected chi connectivity index (χ1v) is 12.8. The number of hydrogen-bond acceptors (Lipinski definition) is 9. The van der Waals surface area contributed by atoms with Crippen molar-refractivity contribution in [3.8, 4) is 11.5 Å². The molecule has 40 heavy (non-hydrogen) atoms. The molecule has 0 amide bonds. The van der Waals surface area contributed by atoms with E-state index in [1.54, 1.807) is 0 Å². The lowest BCUT2D eigenvalue weighted by Gasteiger charge is -2.39. The molecule has 0 bridgehead atoms. The molecule has 2 heterocycles. The summed E-state index contributed by atoms with van der Waals surface area (Å²) >= 11 is 0. The second kappa shape index (κ2) is 13.1. The zero-order valence-corrected chi connectivity index (χ0v) is 22.2. The summed E-state index contributed by atoms with van der Waals surface area (Å²) in [5.74, 6) is -3.59. The smallest absolute Gasteiger partial charge is 0.336 e. The number of aryl methyl sites for hydroxylation is 1. The largest absolute Gasteiger partial charge is 0.486 e. The highest BCUT2D eigenvalue weighted by Gasteiger charge is 2.41. The first kappa shape index (κ1) is 30.8. The van der Waals surface area contributed by atoms with Crippen LogP contribution in [0.3, 0.4) is 0 Å². The molecule has 2 aliphatic rings. The van der Waals surface area contributed by atoms with Gasteiger partial charge in [0, 0.05) is 19.6 Å². The molecule has 2 aromatic rings. The summed E-state index contributed by atoms with van der Waals surface area (Å²) in [6, 6.07) is 13.8. The van der Waals surface area contributed by atoms with Gasteiger partial charge in [-0.15, -0.1) is 0 Å². The Labute approximate surface area is 231 Å². The van der Waals surface area contributed by atoms with Crippen molar-refractivity contribution in [3.63, 3.8) is 0 Å². The molecule has 12 heteroatoms. The summed E-state index contributed by atoms with van der Waals surface area (Å²) in [5, 5.41) is 55.5. The number of β-amino-alcohol motifs (C(OH)–C–C–N with tert-alkyl or cyclic N) is 1. The van der Waals surface area contributed by atoms with Crippen LogP contribution in [-0.4, -0.2) is 91.9 Å². The van der Waals surface area contributed by atoms with Gasteiger partial charge in [-0.3, -0.25) is 9.59 Å². The summed E-state index contributed by atoms with van der Waals surface area (Å²) in [4.78, 5) is 32.7. The van der Waals surface area contributed by atoms with Crippen molar-refractivity contribution in [3.05, 3.63) is 59.2 Å². The topological polar surface area (TPSA) is 194 Å². The molecule has 4 rings (SSSR count). The Kier molecular flexibility index (Phi) is 10.1. The van der Waals surface area contributed by atoms with Gasteiger partial charge in [0.1, 0.15) is 13.2 Å². The number of rotatable bonds is 9. The van der Waals surface area contributed by atoms with Crippen LogP contribution in [-0.2, 0) is 20.0 Å². The van der Waals surface area contributed by atoms with Crippen molar-refractivity contribution in [2.24, 2.45) is 0 Å².